The molecule has 10 heteroatoms. The summed E-state index contributed by atoms with van der Waals surface area (Å²) in [7, 11) is 1.50. The number of methoxy groups -OCH3 is 1. The van der Waals surface area contributed by atoms with E-state index in [0.717, 1.165) is 43.7 Å². The zero-order valence-electron chi connectivity index (χ0n) is 19.0. The minimum absolute atomic E-state index is 0.207. The van der Waals surface area contributed by atoms with Gasteiger partial charge < -0.3 is 20.9 Å². The molecule has 0 bridgehead atoms. The third-order valence-electron chi connectivity index (χ3n) is 5.91. The topological polar surface area (TPSA) is 145 Å². The second-order valence-corrected chi connectivity index (χ2v) is 8.28. The molecule has 0 spiro atoms. The van der Waals surface area contributed by atoms with Crippen molar-refractivity contribution in [2.75, 3.05) is 19.0 Å². The van der Waals surface area contributed by atoms with Crippen LogP contribution in [0.15, 0.2) is 36.7 Å². The number of nitrogens with zero attached hydrogens (tertiary/aromatic N) is 4. The minimum atomic E-state index is -1.02. The van der Waals surface area contributed by atoms with Crippen molar-refractivity contribution in [1.29, 1.82) is 0 Å². The number of aliphatic carboxylic acids is 1. The molecule has 0 radical (unpaired) electrons. The van der Waals surface area contributed by atoms with Crippen LogP contribution in [-0.4, -0.2) is 50.4 Å². The van der Waals surface area contributed by atoms with Gasteiger partial charge in [-0.3, -0.25) is 14.3 Å². The quantitative estimate of drug-likeness (QED) is 0.415. The molecule has 0 aliphatic carbocycles. The van der Waals surface area contributed by atoms with Crippen molar-refractivity contribution in [1.82, 2.24) is 19.7 Å². The number of primary amides is 1. The van der Waals surface area contributed by atoms with Crippen molar-refractivity contribution in [3.63, 3.8) is 0 Å². The molecule has 4 rings (SSSR count). The van der Waals surface area contributed by atoms with Crippen LogP contribution in [0.25, 0.3) is 0 Å². The van der Waals surface area contributed by atoms with E-state index >= 15 is 0 Å². The maximum atomic E-state index is 12.2. The zero-order valence-corrected chi connectivity index (χ0v) is 19.0. The van der Waals surface area contributed by atoms with Crippen LogP contribution >= 0.6 is 0 Å². The molecular formula is C24H28N6O4. The summed E-state index contributed by atoms with van der Waals surface area (Å²) >= 11 is 0. The number of ether oxygens (including phenoxy) is 1. The van der Waals surface area contributed by atoms with Crippen molar-refractivity contribution in [3.05, 3.63) is 64.7 Å². The van der Waals surface area contributed by atoms with Gasteiger partial charge in [0.25, 0.3) is 5.91 Å². The molecule has 1 amide bonds. The van der Waals surface area contributed by atoms with Crippen molar-refractivity contribution in [3.8, 4) is 5.88 Å². The summed E-state index contributed by atoms with van der Waals surface area (Å²) in [5.41, 5.74) is 9.00. The molecule has 1 aliphatic heterocycles. The highest BCUT2D eigenvalue weighted by Crippen LogP contribution is 2.30. The number of nitrogens with two attached hydrogens (primary N) is 1. The van der Waals surface area contributed by atoms with E-state index in [1.165, 1.54) is 18.9 Å². The highest BCUT2D eigenvalue weighted by molar-refractivity contribution is 5.94. The van der Waals surface area contributed by atoms with Gasteiger partial charge in [-0.05, 0) is 42.9 Å². The molecule has 0 saturated heterocycles. The maximum Gasteiger partial charge on any atom is 0.304 e. The third-order valence-corrected chi connectivity index (χ3v) is 5.91. The molecule has 10 nitrogen and oxygen atoms in total. The molecule has 3 aromatic heterocycles. The number of fused-ring (bicyclic) bond motifs is 1. The van der Waals surface area contributed by atoms with Crippen LogP contribution in [0.1, 0.15) is 58.1 Å². The molecule has 4 N–H and O–H groups in total. The molecule has 1 atom stereocenters. The van der Waals surface area contributed by atoms with Crippen LogP contribution in [-0.2, 0) is 24.2 Å². The molecule has 1 aliphatic rings. The lowest BCUT2D eigenvalue weighted by Crippen LogP contribution is -2.17. The van der Waals surface area contributed by atoms with Crippen LogP contribution in [0.2, 0.25) is 0 Å². The summed E-state index contributed by atoms with van der Waals surface area (Å²) < 4.78 is 6.73. The SMILES string of the molecule is COc1ccc([C@H](CC(=O)O)c2nn(CCCc3ccc4c(n3)NCCC4)cc2C(N)=O)cn1. The monoisotopic (exact) mass is 464 g/mol. The highest BCUT2D eigenvalue weighted by Gasteiger charge is 2.27. The number of carboxylic acid groups (broad SMARTS) is 1. The Labute approximate surface area is 197 Å². The minimum Gasteiger partial charge on any atom is -0.481 e. The van der Waals surface area contributed by atoms with Gasteiger partial charge in [0.1, 0.15) is 5.82 Å². The average molecular weight is 465 g/mol. The van der Waals surface area contributed by atoms with Gasteiger partial charge in [-0.2, -0.15) is 5.10 Å². The Hall–Kier alpha value is -3.95. The number of amides is 1. The normalized spacial score (nSPS) is 13.6. The van der Waals surface area contributed by atoms with Gasteiger partial charge in [-0.15, -0.1) is 0 Å². The second kappa shape index (κ2) is 10.3. The van der Waals surface area contributed by atoms with E-state index in [2.05, 4.69) is 27.5 Å². The van der Waals surface area contributed by atoms with Crippen molar-refractivity contribution >= 4 is 17.7 Å². The molecule has 3 aromatic rings. The lowest BCUT2D eigenvalue weighted by molar-refractivity contribution is -0.137. The van der Waals surface area contributed by atoms with Gasteiger partial charge >= 0.3 is 5.97 Å². The number of nitrogens with one attached hydrogen (secondary N) is 1. The Morgan fingerprint density at radius 2 is 2.15 bits per heavy atom. The Morgan fingerprint density at radius 3 is 2.85 bits per heavy atom. The zero-order chi connectivity index (χ0) is 24.1. The smallest absolute Gasteiger partial charge is 0.304 e. The molecule has 0 aromatic carbocycles. The first kappa shape index (κ1) is 23.2. The summed E-state index contributed by atoms with van der Waals surface area (Å²) in [6.45, 7) is 1.48. The van der Waals surface area contributed by atoms with E-state index in [9.17, 15) is 14.7 Å². The molecule has 0 unspecified atom stereocenters. The number of rotatable bonds is 10. The number of anilines is 1. The van der Waals surface area contributed by atoms with Gasteiger partial charge in [-0.25, -0.2) is 9.97 Å². The Balaban J connectivity index is 1.52. The number of carbonyl (C=O) groups is 2. The van der Waals surface area contributed by atoms with E-state index in [-0.39, 0.29) is 12.0 Å². The first-order chi connectivity index (χ1) is 16.4. The van der Waals surface area contributed by atoms with Gasteiger partial charge in [0, 0.05) is 43.2 Å². The second-order valence-electron chi connectivity index (χ2n) is 8.28. The van der Waals surface area contributed by atoms with E-state index in [0.29, 0.717) is 23.7 Å². The van der Waals surface area contributed by atoms with Crippen LogP contribution in [0.5, 0.6) is 5.88 Å². The number of carboxylic acids is 1. The van der Waals surface area contributed by atoms with Crippen LogP contribution in [0, 0.1) is 0 Å². The van der Waals surface area contributed by atoms with E-state index in [1.54, 1.807) is 23.0 Å². The molecule has 4 heterocycles. The van der Waals surface area contributed by atoms with Crippen LogP contribution < -0.4 is 15.8 Å². The lowest BCUT2D eigenvalue weighted by Gasteiger charge is -2.17. The predicted octanol–water partition coefficient (Wildman–Crippen LogP) is 2.38. The maximum absolute atomic E-state index is 12.2. The molecule has 34 heavy (non-hydrogen) atoms. The fourth-order valence-corrected chi connectivity index (χ4v) is 4.19. The fraction of sp³-hybridized carbons (Fsp3) is 0.375. The van der Waals surface area contributed by atoms with Crippen LogP contribution in [0.3, 0.4) is 0 Å². The first-order valence-corrected chi connectivity index (χ1v) is 11.3. The summed E-state index contributed by atoms with van der Waals surface area (Å²) in [6.07, 6.45) is 6.53. The highest BCUT2D eigenvalue weighted by atomic mass is 16.5. The Kier molecular flexibility index (Phi) is 7.05. The van der Waals surface area contributed by atoms with Crippen molar-refractivity contribution in [2.24, 2.45) is 5.73 Å². The Morgan fingerprint density at radius 1 is 1.29 bits per heavy atom. The van der Waals surface area contributed by atoms with E-state index < -0.39 is 17.8 Å². The van der Waals surface area contributed by atoms with Crippen molar-refractivity contribution < 1.29 is 19.4 Å². The number of aromatic nitrogens is 4. The number of aryl methyl sites for hydroxylation is 3. The van der Waals surface area contributed by atoms with Gasteiger partial charge in [0.2, 0.25) is 5.88 Å². The van der Waals surface area contributed by atoms with Crippen LogP contribution in [0.4, 0.5) is 5.82 Å². The van der Waals surface area contributed by atoms with Gasteiger partial charge in [-0.1, -0.05) is 12.1 Å². The number of pyridine rings is 2. The standard InChI is InChI=1S/C24H28N6O4/c1-34-20-9-7-16(13-27-20)18(12-21(31)32)22-19(23(25)33)14-30(29-22)11-3-5-17-8-6-15-4-2-10-26-24(15)28-17/h6-9,13-14,18H,2-5,10-12H2,1H3,(H2,25,33)(H,26,28)(H,31,32)/t18-/m0/s1. The predicted molar refractivity (Wildman–Crippen MR) is 125 cm³/mol. The summed E-state index contributed by atoms with van der Waals surface area (Å²) in [5.74, 6) is -0.971. The fourth-order valence-electron chi connectivity index (χ4n) is 4.19. The van der Waals surface area contributed by atoms with Gasteiger partial charge in [0.05, 0.1) is 24.8 Å². The van der Waals surface area contributed by atoms with Gasteiger partial charge in [0.15, 0.2) is 0 Å². The average Bonchev–Trinajstić information content (AvgIpc) is 3.27. The lowest BCUT2D eigenvalue weighted by atomic mass is 9.91. The molecule has 0 fully saturated rings. The largest absolute Gasteiger partial charge is 0.481 e. The van der Waals surface area contributed by atoms with Crippen molar-refractivity contribution in [2.45, 2.75) is 44.6 Å². The number of hydrogen-bond donors (Lipinski definition) is 3. The summed E-state index contributed by atoms with van der Waals surface area (Å²) in [5, 5.41) is 17.4. The molecule has 178 valence electrons. The summed E-state index contributed by atoms with van der Waals surface area (Å²) in [6, 6.07) is 7.54. The molecule has 0 saturated carbocycles. The van der Waals surface area contributed by atoms with E-state index in [1.807, 2.05) is 0 Å². The summed E-state index contributed by atoms with van der Waals surface area (Å²) in [4.78, 5) is 32.6. The first-order valence-electron chi connectivity index (χ1n) is 11.3. The number of carbonyl (C=O) groups excluding carboxylic acids is 1. The number of hydrogen-bond acceptors (Lipinski definition) is 7. The van der Waals surface area contributed by atoms with E-state index in [4.69, 9.17) is 15.5 Å². The Bertz CT molecular complexity index is 1170. The third kappa shape index (κ3) is 5.33. The molecular weight excluding hydrogens is 436 g/mol.